The number of halogens is 2. The van der Waals surface area contributed by atoms with Gasteiger partial charge in [0.05, 0.1) is 12.1 Å². The molecular formula is C15H19F2NO2. The summed E-state index contributed by atoms with van der Waals surface area (Å²) in [6, 6.07) is 3.53. The minimum Gasteiger partial charge on any atom is -0.385 e. The van der Waals surface area contributed by atoms with Crippen molar-refractivity contribution in [2.45, 2.75) is 49.9 Å². The highest BCUT2D eigenvalue weighted by atomic mass is 19.2. The number of hydrogen-bond acceptors (Lipinski definition) is 3. The first-order valence-corrected chi connectivity index (χ1v) is 7.15. The van der Waals surface area contributed by atoms with Crippen molar-refractivity contribution in [3.63, 3.8) is 0 Å². The zero-order valence-electron chi connectivity index (χ0n) is 11.2. The molecule has 2 unspecified atom stereocenters. The molecule has 1 aliphatic heterocycles. The molecule has 0 spiro atoms. The van der Waals surface area contributed by atoms with Crippen LogP contribution in [0.3, 0.4) is 0 Å². The summed E-state index contributed by atoms with van der Waals surface area (Å²) in [4.78, 5) is 0. The molecule has 1 heterocycles. The third-order valence-corrected chi connectivity index (χ3v) is 4.42. The number of anilines is 1. The van der Waals surface area contributed by atoms with Crippen LogP contribution < -0.4 is 5.32 Å². The van der Waals surface area contributed by atoms with Crippen LogP contribution in [0.4, 0.5) is 14.5 Å². The van der Waals surface area contributed by atoms with Crippen LogP contribution >= 0.6 is 0 Å². The molecule has 1 saturated heterocycles. The highest BCUT2D eigenvalue weighted by molar-refractivity contribution is 5.45. The summed E-state index contributed by atoms with van der Waals surface area (Å²) in [6.45, 7) is 0.685. The van der Waals surface area contributed by atoms with Gasteiger partial charge in [0.1, 0.15) is 5.60 Å². The van der Waals surface area contributed by atoms with E-state index in [0.717, 1.165) is 37.8 Å². The van der Waals surface area contributed by atoms with Gasteiger partial charge < -0.3 is 15.2 Å². The monoisotopic (exact) mass is 283 g/mol. The van der Waals surface area contributed by atoms with Crippen molar-refractivity contribution in [1.82, 2.24) is 0 Å². The van der Waals surface area contributed by atoms with Gasteiger partial charge in [-0.2, -0.15) is 0 Å². The van der Waals surface area contributed by atoms with Crippen LogP contribution in [0.25, 0.3) is 0 Å². The van der Waals surface area contributed by atoms with E-state index in [1.54, 1.807) is 0 Å². The molecule has 2 aliphatic rings. The van der Waals surface area contributed by atoms with Gasteiger partial charge in [-0.25, -0.2) is 8.78 Å². The SMILES string of the molecule is O[C@]12CCCOC1CCCC2Nc1ccc(F)c(F)c1. The fourth-order valence-electron chi connectivity index (χ4n) is 3.36. The second kappa shape index (κ2) is 5.30. The summed E-state index contributed by atoms with van der Waals surface area (Å²) in [5, 5.41) is 14.0. The van der Waals surface area contributed by atoms with Crippen LogP contribution in [0.1, 0.15) is 32.1 Å². The molecule has 1 aliphatic carbocycles. The molecule has 0 bridgehead atoms. The first-order chi connectivity index (χ1) is 9.59. The van der Waals surface area contributed by atoms with Crippen LogP contribution in [0.15, 0.2) is 18.2 Å². The fourth-order valence-corrected chi connectivity index (χ4v) is 3.36. The molecule has 3 nitrogen and oxygen atoms in total. The van der Waals surface area contributed by atoms with Gasteiger partial charge in [-0.15, -0.1) is 0 Å². The number of hydrogen-bond donors (Lipinski definition) is 2. The Morgan fingerprint density at radius 1 is 1.20 bits per heavy atom. The Morgan fingerprint density at radius 2 is 2.05 bits per heavy atom. The Kier molecular flexibility index (Phi) is 3.65. The summed E-state index contributed by atoms with van der Waals surface area (Å²) in [6.07, 6.45) is 3.95. The Bertz CT molecular complexity index is 495. The van der Waals surface area contributed by atoms with E-state index < -0.39 is 17.2 Å². The molecule has 0 aromatic heterocycles. The summed E-state index contributed by atoms with van der Waals surface area (Å²) < 4.78 is 31.9. The van der Waals surface area contributed by atoms with Gasteiger partial charge in [0.15, 0.2) is 11.6 Å². The smallest absolute Gasteiger partial charge is 0.160 e. The molecule has 3 rings (SSSR count). The zero-order chi connectivity index (χ0) is 14.2. The first-order valence-electron chi connectivity index (χ1n) is 7.15. The van der Waals surface area contributed by atoms with Gasteiger partial charge in [0.2, 0.25) is 0 Å². The van der Waals surface area contributed by atoms with E-state index >= 15 is 0 Å². The van der Waals surface area contributed by atoms with Crippen LogP contribution in [0.5, 0.6) is 0 Å². The highest BCUT2D eigenvalue weighted by Crippen LogP contribution is 2.39. The normalized spacial score (nSPS) is 33.5. The van der Waals surface area contributed by atoms with Crippen LogP contribution in [0, 0.1) is 11.6 Å². The topological polar surface area (TPSA) is 41.5 Å². The first kappa shape index (κ1) is 13.8. The lowest BCUT2D eigenvalue weighted by Crippen LogP contribution is -2.60. The van der Waals surface area contributed by atoms with Gasteiger partial charge >= 0.3 is 0 Å². The van der Waals surface area contributed by atoms with E-state index in [1.165, 1.54) is 6.07 Å². The highest BCUT2D eigenvalue weighted by Gasteiger charge is 2.48. The van der Waals surface area contributed by atoms with Crippen molar-refractivity contribution in [2.24, 2.45) is 0 Å². The number of aliphatic hydroxyl groups is 1. The average Bonchev–Trinajstić information content (AvgIpc) is 2.43. The molecule has 2 N–H and O–H groups in total. The lowest BCUT2D eigenvalue weighted by Gasteiger charge is -2.48. The lowest BCUT2D eigenvalue weighted by molar-refractivity contribution is -0.168. The predicted octanol–water partition coefficient (Wildman–Crippen LogP) is 2.84. The summed E-state index contributed by atoms with van der Waals surface area (Å²) in [5.74, 6) is -1.74. The van der Waals surface area contributed by atoms with E-state index in [9.17, 15) is 13.9 Å². The Balaban J connectivity index is 1.79. The van der Waals surface area contributed by atoms with Crippen LogP contribution in [-0.4, -0.2) is 29.5 Å². The molecule has 3 atom stereocenters. The summed E-state index contributed by atoms with van der Waals surface area (Å²) in [5.41, 5.74) is -0.421. The van der Waals surface area contributed by atoms with Gasteiger partial charge in [0.25, 0.3) is 0 Å². The number of rotatable bonds is 2. The lowest BCUT2D eigenvalue weighted by atomic mass is 9.74. The van der Waals surface area contributed by atoms with Crippen molar-refractivity contribution in [3.05, 3.63) is 29.8 Å². The van der Waals surface area contributed by atoms with E-state index in [0.29, 0.717) is 18.7 Å². The predicted molar refractivity (Wildman–Crippen MR) is 71.5 cm³/mol. The summed E-state index contributed by atoms with van der Waals surface area (Å²) >= 11 is 0. The largest absolute Gasteiger partial charge is 0.385 e. The molecule has 1 aromatic rings. The van der Waals surface area contributed by atoms with Gasteiger partial charge in [-0.3, -0.25) is 0 Å². The Hall–Kier alpha value is -1.20. The second-order valence-electron chi connectivity index (χ2n) is 5.71. The van der Waals surface area contributed by atoms with Crippen LogP contribution in [-0.2, 0) is 4.74 Å². The minimum atomic E-state index is -0.915. The van der Waals surface area contributed by atoms with Gasteiger partial charge in [-0.05, 0) is 44.2 Å². The molecule has 0 radical (unpaired) electrons. The average molecular weight is 283 g/mol. The van der Waals surface area contributed by atoms with Crippen LogP contribution in [0.2, 0.25) is 0 Å². The molecule has 0 amide bonds. The third-order valence-electron chi connectivity index (χ3n) is 4.42. The number of nitrogens with one attached hydrogen (secondary N) is 1. The maximum Gasteiger partial charge on any atom is 0.160 e. The minimum absolute atomic E-state index is 0.159. The standard InChI is InChI=1S/C15H19F2NO2/c16-11-6-5-10(9-12(11)17)18-13-3-1-4-14-15(13,19)7-2-8-20-14/h5-6,9,13-14,18-19H,1-4,7-8H2/t13?,14?,15-/m0/s1. The maximum absolute atomic E-state index is 13.3. The molecule has 5 heteroatoms. The number of benzene rings is 1. The van der Waals surface area contributed by atoms with E-state index in [1.807, 2.05) is 0 Å². The van der Waals surface area contributed by atoms with E-state index in [-0.39, 0.29) is 12.1 Å². The van der Waals surface area contributed by atoms with Crippen molar-refractivity contribution >= 4 is 5.69 Å². The molecular weight excluding hydrogens is 264 g/mol. The number of ether oxygens (including phenoxy) is 1. The fraction of sp³-hybridized carbons (Fsp3) is 0.600. The Labute approximate surface area is 116 Å². The van der Waals surface area contributed by atoms with Gasteiger partial charge in [0, 0.05) is 18.4 Å². The van der Waals surface area contributed by atoms with E-state index in [2.05, 4.69) is 5.32 Å². The van der Waals surface area contributed by atoms with Crippen molar-refractivity contribution in [1.29, 1.82) is 0 Å². The molecule has 1 saturated carbocycles. The second-order valence-corrected chi connectivity index (χ2v) is 5.71. The Morgan fingerprint density at radius 3 is 2.85 bits per heavy atom. The molecule has 110 valence electrons. The van der Waals surface area contributed by atoms with Crippen molar-refractivity contribution in [2.75, 3.05) is 11.9 Å². The maximum atomic E-state index is 13.3. The van der Waals surface area contributed by atoms with Crippen molar-refractivity contribution < 1.29 is 18.6 Å². The summed E-state index contributed by atoms with van der Waals surface area (Å²) in [7, 11) is 0. The zero-order valence-corrected chi connectivity index (χ0v) is 11.2. The molecule has 20 heavy (non-hydrogen) atoms. The van der Waals surface area contributed by atoms with Crippen molar-refractivity contribution in [3.8, 4) is 0 Å². The number of fused-ring (bicyclic) bond motifs is 1. The third kappa shape index (κ3) is 2.40. The van der Waals surface area contributed by atoms with Gasteiger partial charge in [-0.1, -0.05) is 0 Å². The molecule has 2 fully saturated rings. The molecule has 1 aromatic carbocycles. The van der Waals surface area contributed by atoms with E-state index in [4.69, 9.17) is 4.74 Å². The quantitative estimate of drug-likeness (QED) is 0.877.